The number of nitrogens with one attached hydrogen (secondary N) is 1. The van der Waals surface area contributed by atoms with Crippen LogP contribution in [0.15, 0.2) is 41.3 Å². The summed E-state index contributed by atoms with van der Waals surface area (Å²) in [5.41, 5.74) is 4.25. The zero-order chi connectivity index (χ0) is 19.5. The van der Waals surface area contributed by atoms with Gasteiger partial charge in [-0.25, -0.2) is 18.4 Å². The normalized spacial score (nSPS) is 12.5. The van der Waals surface area contributed by atoms with Crippen molar-refractivity contribution in [3.8, 4) is 0 Å². The Morgan fingerprint density at radius 2 is 1.88 bits per heavy atom. The first-order valence-electron chi connectivity index (χ1n) is 8.19. The number of hydrogen-bond acceptors (Lipinski definition) is 5. The van der Waals surface area contributed by atoms with Crippen LogP contribution in [-0.4, -0.2) is 27.5 Å². The second kappa shape index (κ2) is 7.88. The first-order valence-corrected chi connectivity index (χ1v) is 9.74. The number of nitrogens with two attached hydrogens (primary N) is 1. The topological polar surface area (TPSA) is 98.5 Å². The number of esters is 1. The number of carbonyl (C=O) groups is 1. The van der Waals surface area contributed by atoms with E-state index < -0.39 is 16.0 Å². The highest BCUT2D eigenvalue weighted by molar-refractivity contribution is 7.89. The SMILES string of the molecule is COC(=O)c1cc(S(N)(=O)=O)ccc1NC(C)Cc1ccc(C)cc1C. The maximum Gasteiger partial charge on any atom is 0.340 e. The molecular weight excluding hydrogens is 352 g/mol. The van der Waals surface area contributed by atoms with Crippen LogP contribution in [0.4, 0.5) is 5.69 Å². The second-order valence-electron chi connectivity index (χ2n) is 6.42. The van der Waals surface area contributed by atoms with Crippen molar-refractivity contribution in [1.82, 2.24) is 0 Å². The number of aryl methyl sites for hydroxylation is 2. The van der Waals surface area contributed by atoms with Crippen LogP contribution in [-0.2, 0) is 21.2 Å². The summed E-state index contributed by atoms with van der Waals surface area (Å²) in [6.07, 6.45) is 0.754. The van der Waals surface area contributed by atoms with Crippen LogP contribution in [0.2, 0.25) is 0 Å². The summed E-state index contributed by atoms with van der Waals surface area (Å²) in [4.78, 5) is 11.9. The lowest BCUT2D eigenvalue weighted by Gasteiger charge is -2.19. The smallest absolute Gasteiger partial charge is 0.340 e. The number of hydrogen-bond donors (Lipinski definition) is 2. The van der Waals surface area contributed by atoms with Crippen molar-refractivity contribution < 1.29 is 17.9 Å². The molecule has 2 aromatic carbocycles. The number of ether oxygens (including phenoxy) is 1. The van der Waals surface area contributed by atoms with Crippen molar-refractivity contribution in [3.63, 3.8) is 0 Å². The van der Waals surface area contributed by atoms with Gasteiger partial charge in [-0.2, -0.15) is 0 Å². The molecule has 26 heavy (non-hydrogen) atoms. The van der Waals surface area contributed by atoms with Gasteiger partial charge in [0.25, 0.3) is 0 Å². The Bertz CT molecular complexity index is 923. The maximum atomic E-state index is 12.0. The summed E-state index contributed by atoms with van der Waals surface area (Å²) >= 11 is 0. The van der Waals surface area contributed by atoms with Crippen molar-refractivity contribution in [2.45, 2.75) is 38.1 Å². The summed E-state index contributed by atoms with van der Waals surface area (Å²) in [7, 11) is -2.66. The molecule has 6 nitrogen and oxygen atoms in total. The molecule has 0 amide bonds. The molecule has 0 aliphatic carbocycles. The van der Waals surface area contributed by atoms with Gasteiger partial charge in [-0.3, -0.25) is 0 Å². The van der Waals surface area contributed by atoms with Gasteiger partial charge in [0, 0.05) is 11.7 Å². The first kappa shape index (κ1) is 19.9. The fourth-order valence-corrected chi connectivity index (χ4v) is 3.37. The van der Waals surface area contributed by atoms with Crippen LogP contribution in [0.5, 0.6) is 0 Å². The molecule has 0 aromatic heterocycles. The quantitative estimate of drug-likeness (QED) is 0.756. The molecule has 1 atom stereocenters. The van der Waals surface area contributed by atoms with E-state index in [4.69, 9.17) is 9.88 Å². The largest absolute Gasteiger partial charge is 0.465 e. The molecule has 0 fully saturated rings. The molecule has 2 aromatic rings. The van der Waals surface area contributed by atoms with Crippen LogP contribution in [0.3, 0.4) is 0 Å². The van der Waals surface area contributed by atoms with Crippen molar-refractivity contribution >= 4 is 21.7 Å². The maximum absolute atomic E-state index is 12.0. The molecule has 140 valence electrons. The summed E-state index contributed by atoms with van der Waals surface area (Å²) in [5, 5.41) is 8.41. The summed E-state index contributed by atoms with van der Waals surface area (Å²) in [5.74, 6) is -0.628. The molecule has 0 radical (unpaired) electrons. The predicted molar refractivity (Wildman–Crippen MR) is 102 cm³/mol. The highest BCUT2D eigenvalue weighted by Crippen LogP contribution is 2.23. The Labute approximate surface area is 154 Å². The fourth-order valence-electron chi connectivity index (χ4n) is 2.83. The molecule has 2 rings (SSSR count). The third kappa shape index (κ3) is 4.83. The van der Waals surface area contributed by atoms with Gasteiger partial charge in [0.1, 0.15) is 0 Å². The number of anilines is 1. The molecular formula is C19H24N2O4S. The predicted octanol–water partition coefficient (Wildman–Crippen LogP) is 2.78. The van der Waals surface area contributed by atoms with Gasteiger partial charge in [-0.15, -0.1) is 0 Å². The number of primary sulfonamides is 1. The minimum absolute atomic E-state index is 0.0140. The third-order valence-electron chi connectivity index (χ3n) is 4.15. The molecule has 0 saturated carbocycles. The van der Waals surface area contributed by atoms with Gasteiger partial charge < -0.3 is 10.1 Å². The molecule has 0 spiro atoms. The number of rotatable bonds is 6. The Morgan fingerprint density at radius 1 is 1.19 bits per heavy atom. The fraction of sp³-hybridized carbons (Fsp3) is 0.316. The molecule has 0 aliphatic heterocycles. The lowest BCUT2D eigenvalue weighted by Crippen LogP contribution is -2.21. The number of carbonyl (C=O) groups excluding carboxylic acids is 1. The third-order valence-corrected chi connectivity index (χ3v) is 5.06. The zero-order valence-electron chi connectivity index (χ0n) is 15.4. The minimum atomic E-state index is -3.91. The van der Waals surface area contributed by atoms with Crippen LogP contribution < -0.4 is 10.5 Å². The average Bonchev–Trinajstić information content (AvgIpc) is 2.56. The molecule has 3 N–H and O–H groups in total. The lowest BCUT2D eigenvalue weighted by molar-refractivity contribution is 0.0601. The number of benzene rings is 2. The van der Waals surface area contributed by atoms with E-state index in [0.717, 1.165) is 6.42 Å². The van der Waals surface area contributed by atoms with Crippen molar-refractivity contribution in [1.29, 1.82) is 0 Å². The van der Waals surface area contributed by atoms with Crippen molar-refractivity contribution in [2.24, 2.45) is 5.14 Å². The van der Waals surface area contributed by atoms with Gasteiger partial charge in [0.05, 0.1) is 17.6 Å². The van der Waals surface area contributed by atoms with Crippen LogP contribution in [0, 0.1) is 13.8 Å². The highest BCUT2D eigenvalue weighted by Gasteiger charge is 2.18. The molecule has 1 unspecified atom stereocenters. The Morgan fingerprint density at radius 3 is 2.46 bits per heavy atom. The van der Waals surface area contributed by atoms with E-state index in [1.54, 1.807) is 0 Å². The standard InChI is InChI=1S/C19H24N2O4S/c1-12-5-6-15(13(2)9-12)10-14(3)21-18-8-7-16(26(20,23)24)11-17(18)19(22)25-4/h5-9,11,14,21H,10H2,1-4H3,(H2,20,23,24). The number of sulfonamides is 1. The molecule has 0 saturated heterocycles. The number of methoxy groups -OCH3 is 1. The summed E-state index contributed by atoms with van der Waals surface area (Å²) in [6.45, 7) is 6.11. The van der Waals surface area contributed by atoms with E-state index in [-0.39, 0.29) is 16.5 Å². The van der Waals surface area contributed by atoms with Gasteiger partial charge >= 0.3 is 5.97 Å². The molecule has 0 bridgehead atoms. The summed E-state index contributed by atoms with van der Waals surface area (Å²) in [6, 6.07) is 10.4. The minimum Gasteiger partial charge on any atom is -0.465 e. The van der Waals surface area contributed by atoms with E-state index in [9.17, 15) is 13.2 Å². The van der Waals surface area contributed by atoms with Gasteiger partial charge in [0.2, 0.25) is 10.0 Å². The molecule has 7 heteroatoms. The van der Waals surface area contributed by atoms with E-state index >= 15 is 0 Å². The lowest BCUT2D eigenvalue weighted by atomic mass is 9.99. The second-order valence-corrected chi connectivity index (χ2v) is 7.98. The van der Waals surface area contributed by atoms with Crippen molar-refractivity contribution in [2.75, 3.05) is 12.4 Å². The summed E-state index contributed by atoms with van der Waals surface area (Å²) < 4.78 is 27.8. The van der Waals surface area contributed by atoms with Crippen LogP contribution in [0.1, 0.15) is 34.0 Å². The van der Waals surface area contributed by atoms with Crippen LogP contribution in [0.25, 0.3) is 0 Å². The van der Waals surface area contributed by atoms with Gasteiger partial charge in [-0.1, -0.05) is 23.8 Å². The zero-order valence-corrected chi connectivity index (χ0v) is 16.2. The van der Waals surface area contributed by atoms with E-state index in [1.165, 1.54) is 42.0 Å². The van der Waals surface area contributed by atoms with E-state index in [0.29, 0.717) is 5.69 Å². The monoisotopic (exact) mass is 376 g/mol. The Balaban J connectivity index is 2.28. The van der Waals surface area contributed by atoms with Crippen LogP contribution >= 0.6 is 0 Å². The highest BCUT2D eigenvalue weighted by atomic mass is 32.2. The van der Waals surface area contributed by atoms with E-state index in [2.05, 4.69) is 30.4 Å². The molecule has 0 aliphatic rings. The van der Waals surface area contributed by atoms with Gasteiger partial charge in [-0.05, 0) is 56.5 Å². The van der Waals surface area contributed by atoms with Gasteiger partial charge in [0.15, 0.2) is 0 Å². The first-order chi connectivity index (χ1) is 12.1. The Hall–Kier alpha value is -2.38. The average molecular weight is 376 g/mol. The van der Waals surface area contributed by atoms with Crippen molar-refractivity contribution in [3.05, 3.63) is 58.7 Å². The Kier molecular flexibility index (Phi) is 6.05. The van der Waals surface area contributed by atoms with E-state index in [1.807, 2.05) is 13.8 Å². The molecule has 0 heterocycles.